The van der Waals surface area contributed by atoms with Gasteiger partial charge in [-0.05, 0) is 0 Å². The summed E-state index contributed by atoms with van der Waals surface area (Å²) in [6.07, 6.45) is -3.96. The molecule has 0 atom stereocenters. The second-order valence-corrected chi connectivity index (χ2v) is 25.8. The maximum Gasteiger partial charge on any atom is 0.384 e. The van der Waals surface area contributed by atoms with Crippen LogP contribution in [0.15, 0.2) is 0 Å². The van der Waals surface area contributed by atoms with Crippen LogP contribution in [0.3, 0.4) is 0 Å². The SMILES string of the molecule is C[Si](C)(C)C[Si]CCC(F)(F)C(F)(F)C(F)(F)C(F)(F)C(F)(F)C(F)(F)CC[Si]C[Si](C)(C)C. The molecule has 0 saturated carbocycles. The van der Waals surface area contributed by atoms with Crippen LogP contribution in [0.4, 0.5) is 52.7 Å². The lowest BCUT2D eigenvalue weighted by Crippen LogP contribution is -2.70. The standard InChI is InChI=1S/C18H30F12Si4/c1-33(2,3)11-31-9-7-13(19,20)15(23,24)17(27,28)18(29,30)16(25,26)14(21,22)8-10-32-12-34(4,5)6/h7-12H2,1-6H3. The lowest BCUT2D eigenvalue weighted by molar-refractivity contribution is -0.425. The van der Waals surface area contributed by atoms with E-state index >= 15 is 0 Å². The molecular weight excluding hydrogens is 557 g/mol. The molecule has 0 rings (SSSR count). The molecule has 0 amide bonds. The van der Waals surface area contributed by atoms with E-state index in [-0.39, 0.29) is 19.0 Å². The third-order valence-corrected chi connectivity index (χ3v) is 16.3. The molecule has 4 radical (unpaired) electrons. The van der Waals surface area contributed by atoms with Crippen molar-refractivity contribution in [2.24, 2.45) is 0 Å². The zero-order valence-electron chi connectivity index (χ0n) is 19.8. The van der Waals surface area contributed by atoms with E-state index in [0.29, 0.717) is 11.3 Å². The average Bonchev–Trinajstić information content (AvgIpc) is 2.60. The predicted octanol–water partition coefficient (Wildman–Crippen LogP) is 8.41. The van der Waals surface area contributed by atoms with Crippen LogP contribution in [-0.2, 0) is 0 Å². The fourth-order valence-electron chi connectivity index (χ4n) is 2.59. The van der Waals surface area contributed by atoms with E-state index in [1.54, 1.807) is 0 Å². The fourth-order valence-corrected chi connectivity index (χ4v) is 11.0. The van der Waals surface area contributed by atoms with Crippen molar-refractivity contribution in [3.63, 3.8) is 0 Å². The molecule has 0 N–H and O–H groups in total. The fraction of sp³-hybridized carbons (Fsp3) is 1.00. The van der Waals surface area contributed by atoms with Crippen LogP contribution < -0.4 is 0 Å². The van der Waals surface area contributed by atoms with Gasteiger partial charge in [0, 0.05) is 48.0 Å². The first-order chi connectivity index (χ1) is 14.7. The number of hydrogen-bond acceptors (Lipinski definition) is 0. The minimum Gasteiger partial charge on any atom is -0.200 e. The summed E-state index contributed by atoms with van der Waals surface area (Å²) in [6.45, 7) is 10.9. The summed E-state index contributed by atoms with van der Waals surface area (Å²) in [4.78, 5) is 0. The Balaban J connectivity index is 5.72. The van der Waals surface area contributed by atoms with E-state index in [4.69, 9.17) is 0 Å². The zero-order valence-corrected chi connectivity index (χ0v) is 23.8. The largest absolute Gasteiger partial charge is 0.384 e. The molecule has 34 heavy (non-hydrogen) atoms. The van der Waals surface area contributed by atoms with E-state index in [2.05, 4.69) is 0 Å². The normalized spacial score (nSPS) is 15.7. The highest BCUT2D eigenvalue weighted by atomic mass is 28.4. The molecule has 0 unspecified atom stereocenters. The van der Waals surface area contributed by atoms with Crippen molar-refractivity contribution >= 4 is 35.2 Å². The molecule has 202 valence electrons. The molecule has 0 aliphatic carbocycles. The van der Waals surface area contributed by atoms with Crippen LogP contribution in [0.1, 0.15) is 12.8 Å². The molecule has 0 nitrogen and oxygen atoms in total. The molecule has 0 aliphatic heterocycles. The molecule has 0 aromatic rings. The topological polar surface area (TPSA) is 0 Å². The molecule has 0 fully saturated rings. The second kappa shape index (κ2) is 10.8. The Morgan fingerprint density at radius 1 is 0.441 bits per heavy atom. The summed E-state index contributed by atoms with van der Waals surface area (Å²) < 4.78 is 167. The minimum atomic E-state index is -7.45. The van der Waals surface area contributed by atoms with Crippen LogP contribution in [0.5, 0.6) is 0 Å². The molecule has 0 aromatic carbocycles. The van der Waals surface area contributed by atoms with Crippen LogP contribution in [0.25, 0.3) is 0 Å². The van der Waals surface area contributed by atoms with Crippen molar-refractivity contribution in [3.8, 4) is 0 Å². The molecule has 0 bridgehead atoms. The average molecular weight is 587 g/mol. The van der Waals surface area contributed by atoms with E-state index in [9.17, 15) is 52.7 Å². The van der Waals surface area contributed by atoms with Crippen molar-refractivity contribution in [2.45, 2.75) is 111 Å². The van der Waals surface area contributed by atoms with Gasteiger partial charge in [-0.3, -0.25) is 0 Å². The lowest BCUT2D eigenvalue weighted by Gasteiger charge is -2.41. The first kappa shape index (κ1) is 34.0. The van der Waals surface area contributed by atoms with Gasteiger partial charge in [0.25, 0.3) is 0 Å². The molecule has 0 aliphatic rings. The smallest absolute Gasteiger partial charge is 0.200 e. The molecular formula is C18H30F12Si4. The van der Waals surface area contributed by atoms with Gasteiger partial charge in [-0.15, -0.1) is 0 Å². The highest BCUT2D eigenvalue weighted by Crippen LogP contribution is 2.61. The first-order valence-electron chi connectivity index (χ1n) is 10.3. The maximum atomic E-state index is 14.0. The third-order valence-electron chi connectivity index (χ3n) is 4.64. The quantitative estimate of drug-likeness (QED) is 0.103. The Morgan fingerprint density at radius 3 is 0.882 bits per heavy atom. The van der Waals surface area contributed by atoms with Crippen molar-refractivity contribution in [2.75, 3.05) is 0 Å². The highest BCUT2D eigenvalue weighted by molar-refractivity contribution is 6.83. The number of rotatable bonds is 15. The number of hydrogen-bond donors (Lipinski definition) is 0. The van der Waals surface area contributed by atoms with Crippen LogP contribution in [0.2, 0.25) is 62.7 Å². The number of alkyl halides is 12. The Labute approximate surface area is 199 Å². The van der Waals surface area contributed by atoms with E-state index in [0.717, 1.165) is 0 Å². The van der Waals surface area contributed by atoms with E-state index < -0.39 is 76.6 Å². The maximum absolute atomic E-state index is 14.0. The third kappa shape index (κ3) is 7.76. The Kier molecular flexibility index (Phi) is 10.8. The van der Waals surface area contributed by atoms with Gasteiger partial charge in [0.15, 0.2) is 0 Å². The second-order valence-electron chi connectivity index (χ2n) is 10.7. The highest BCUT2D eigenvalue weighted by Gasteiger charge is 2.89. The van der Waals surface area contributed by atoms with E-state index in [1.807, 2.05) is 39.3 Å². The van der Waals surface area contributed by atoms with Gasteiger partial charge < -0.3 is 0 Å². The van der Waals surface area contributed by atoms with Crippen LogP contribution >= 0.6 is 0 Å². The summed E-state index contributed by atoms with van der Waals surface area (Å²) in [5.41, 5.74) is 0.730. The van der Waals surface area contributed by atoms with Gasteiger partial charge in [0.05, 0.1) is 0 Å². The van der Waals surface area contributed by atoms with Crippen molar-refractivity contribution in [1.82, 2.24) is 0 Å². The van der Waals surface area contributed by atoms with Gasteiger partial charge in [0.2, 0.25) is 0 Å². The van der Waals surface area contributed by atoms with Crippen molar-refractivity contribution in [1.29, 1.82) is 0 Å². The Morgan fingerprint density at radius 2 is 0.676 bits per heavy atom. The molecule has 0 aromatic heterocycles. The van der Waals surface area contributed by atoms with Gasteiger partial charge >= 0.3 is 35.5 Å². The van der Waals surface area contributed by atoms with Gasteiger partial charge in [0.1, 0.15) is 0 Å². The molecule has 0 saturated heterocycles. The van der Waals surface area contributed by atoms with Crippen LogP contribution in [-0.4, -0.2) is 70.7 Å². The first-order valence-corrected chi connectivity index (χ1v) is 20.6. The Bertz CT molecular complexity index is 598. The van der Waals surface area contributed by atoms with Gasteiger partial charge in [-0.25, -0.2) is 0 Å². The Hall–Kier alpha value is 0.0275. The monoisotopic (exact) mass is 586 g/mol. The molecule has 0 heterocycles. The zero-order chi connectivity index (χ0) is 27.7. The summed E-state index contributed by atoms with van der Waals surface area (Å²) in [5, 5.41) is 0. The minimum absolute atomic E-state index is 0.365. The number of halogens is 12. The molecule has 0 spiro atoms. The lowest BCUT2D eigenvalue weighted by atomic mass is 9.90. The van der Waals surface area contributed by atoms with Crippen LogP contribution in [0, 0.1) is 0 Å². The van der Waals surface area contributed by atoms with Gasteiger partial charge in [-0.2, -0.15) is 52.7 Å². The predicted molar refractivity (Wildman–Crippen MR) is 116 cm³/mol. The van der Waals surface area contributed by atoms with Gasteiger partial charge in [-0.1, -0.05) is 62.7 Å². The summed E-state index contributed by atoms with van der Waals surface area (Å²) >= 11 is 0. The van der Waals surface area contributed by atoms with E-state index in [1.165, 1.54) is 0 Å². The van der Waals surface area contributed by atoms with Crippen molar-refractivity contribution < 1.29 is 52.7 Å². The summed E-state index contributed by atoms with van der Waals surface area (Å²) in [5.74, 6) is -40.5. The van der Waals surface area contributed by atoms with Crippen molar-refractivity contribution in [3.05, 3.63) is 0 Å². The molecule has 16 heteroatoms. The summed E-state index contributed by atoms with van der Waals surface area (Å²) in [6, 6.07) is -1.47. The summed E-state index contributed by atoms with van der Waals surface area (Å²) in [7, 11) is -4.34.